The Morgan fingerprint density at radius 1 is 0.971 bits per heavy atom. The Morgan fingerprint density at radius 2 is 1.71 bits per heavy atom. The minimum atomic E-state index is -0.277. The predicted octanol–water partition coefficient (Wildman–Crippen LogP) is 4.66. The number of carbonyl (C=O) groups excluding carboxylic acids is 1. The molecule has 1 unspecified atom stereocenters. The van der Waals surface area contributed by atoms with E-state index in [0.717, 1.165) is 42.0 Å². The normalized spacial score (nSPS) is 14.8. The number of benzene rings is 3. The minimum Gasteiger partial charge on any atom is -0.343 e. The molecule has 0 bridgehead atoms. The summed E-state index contributed by atoms with van der Waals surface area (Å²) in [4.78, 5) is 14.3. The molecule has 2 heterocycles. The van der Waals surface area contributed by atoms with E-state index < -0.39 is 0 Å². The Hall–Kier alpha value is -4.00. The lowest BCUT2D eigenvalue weighted by molar-refractivity contribution is -0.117. The van der Waals surface area contributed by atoms with Crippen molar-refractivity contribution >= 4 is 17.8 Å². The molecule has 0 saturated carbocycles. The van der Waals surface area contributed by atoms with E-state index in [1.54, 1.807) is 0 Å². The molecule has 1 aliphatic heterocycles. The van der Waals surface area contributed by atoms with Crippen molar-refractivity contribution < 1.29 is 4.79 Å². The monoisotopic (exact) mass is 450 g/mol. The molecule has 5 rings (SSSR count). The SMILES string of the molecule is Cc1ccn(-c2ccc(CN3C=C(C[N+](N)(C=O)c4ccccc4)Cc4ccccc43)cc2)n1. The third kappa shape index (κ3) is 4.41. The summed E-state index contributed by atoms with van der Waals surface area (Å²) in [6.07, 6.45) is 5.70. The van der Waals surface area contributed by atoms with E-state index in [4.69, 9.17) is 5.84 Å². The molecule has 0 saturated heterocycles. The van der Waals surface area contributed by atoms with Crippen LogP contribution in [0.3, 0.4) is 0 Å². The fourth-order valence-electron chi connectivity index (χ4n) is 4.49. The second kappa shape index (κ2) is 9.09. The zero-order chi connectivity index (χ0) is 23.5. The summed E-state index contributed by atoms with van der Waals surface area (Å²) in [5.41, 5.74) is 7.51. The highest BCUT2D eigenvalue weighted by molar-refractivity contribution is 5.69. The largest absolute Gasteiger partial charge is 0.343 e. The number of rotatable bonds is 7. The summed E-state index contributed by atoms with van der Waals surface area (Å²) in [5, 5.41) is 4.49. The van der Waals surface area contributed by atoms with Gasteiger partial charge in [0.05, 0.1) is 11.4 Å². The van der Waals surface area contributed by atoms with Crippen molar-refractivity contribution in [3.05, 3.63) is 120 Å². The maximum atomic E-state index is 12.1. The number of nitrogens with two attached hydrogens (primary N) is 1. The van der Waals surface area contributed by atoms with E-state index in [2.05, 4.69) is 64.7 Å². The molecule has 6 heteroatoms. The van der Waals surface area contributed by atoms with Crippen molar-refractivity contribution in [1.29, 1.82) is 0 Å². The number of anilines is 1. The van der Waals surface area contributed by atoms with E-state index in [1.165, 1.54) is 16.8 Å². The number of aryl methyl sites for hydroxylation is 1. The third-order valence-electron chi connectivity index (χ3n) is 6.22. The van der Waals surface area contributed by atoms with Gasteiger partial charge in [-0.3, -0.25) is 0 Å². The second-order valence-corrected chi connectivity index (χ2v) is 8.82. The van der Waals surface area contributed by atoms with Gasteiger partial charge in [0.1, 0.15) is 6.54 Å². The van der Waals surface area contributed by atoms with E-state index >= 15 is 0 Å². The van der Waals surface area contributed by atoms with Crippen LogP contribution in [0.1, 0.15) is 16.8 Å². The molecular formula is C28H28N5O+. The Bertz CT molecular complexity index is 1330. The maximum absolute atomic E-state index is 12.1. The van der Waals surface area contributed by atoms with Crippen LogP contribution >= 0.6 is 0 Å². The molecule has 1 aliphatic rings. The first-order chi connectivity index (χ1) is 16.5. The summed E-state index contributed by atoms with van der Waals surface area (Å²) >= 11 is 0. The van der Waals surface area contributed by atoms with Crippen LogP contribution in [0, 0.1) is 6.92 Å². The van der Waals surface area contributed by atoms with Crippen LogP contribution in [-0.2, 0) is 17.8 Å². The number of hydrogen-bond acceptors (Lipinski definition) is 4. The molecule has 1 atom stereocenters. The number of quaternary nitrogens is 1. The second-order valence-electron chi connectivity index (χ2n) is 8.82. The van der Waals surface area contributed by atoms with Crippen LogP contribution in [0.2, 0.25) is 0 Å². The Kier molecular flexibility index (Phi) is 5.84. The van der Waals surface area contributed by atoms with Gasteiger partial charge in [0.2, 0.25) is 0 Å². The smallest absolute Gasteiger partial charge is 0.325 e. The average molecular weight is 451 g/mol. The number of aromatic nitrogens is 2. The number of hydrogen-bond donors (Lipinski definition) is 1. The third-order valence-corrected chi connectivity index (χ3v) is 6.22. The van der Waals surface area contributed by atoms with Crippen molar-refractivity contribution in [2.75, 3.05) is 11.4 Å². The molecule has 0 spiro atoms. The molecule has 0 radical (unpaired) electrons. The standard InChI is InChI=1S/C28H28N5O/c1-22-15-16-32(30-22)26-13-11-23(12-14-26)18-31-19-24(17-25-7-5-6-10-28(25)31)20-33(29,21-34)27-8-3-2-4-9-27/h2-16,19,21H,17-18,20,29H2,1H3/q+1. The van der Waals surface area contributed by atoms with Gasteiger partial charge in [-0.1, -0.05) is 48.5 Å². The molecule has 4 aromatic rings. The maximum Gasteiger partial charge on any atom is 0.325 e. The van der Waals surface area contributed by atoms with Gasteiger partial charge in [-0.15, -0.1) is 0 Å². The minimum absolute atomic E-state index is 0.277. The molecule has 34 heavy (non-hydrogen) atoms. The molecule has 0 fully saturated rings. The van der Waals surface area contributed by atoms with Gasteiger partial charge >= 0.3 is 6.41 Å². The fourth-order valence-corrected chi connectivity index (χ4v) is 4.49. The highest BCUT2D eigenvalue weighted by Gasteiger charge is 2.30. The van der Waals surface area contributed by atoms with Gasteiger partial charge in [0.15, 0.2) is 5.69 Å². The summed E-state index contributed by atoms with van der Waals surface area (Å²) in [6.45, 7) is 3.12. The average Bonchev–Trinajstić information content (AvgIpc) is 3.31. The first-order valence-electron chi connectivity index (χ1n) is 11.4. The van der Waals surface area contributed by atoms with Gasteiger partial charge < -0.3 is 4.90 Å². The molecule has 6 nitrogen and oxygen atoms in total. The van der Waals surface area contributed by atoms with Crippen LogP contribution in [0.4, 0.5) is 11.4 Å². The summed E-state index contributed by atoms with van der Waals surface area (Å²) in [6, 6.07) is 28.4. The van der Waals surface area contributed by atoms with Gasteiger partial charge in [0, 0.05) is 48.8 Å². The molecule has 1 aromatic heterocycles. The quantitative estimate of drug-likeness (QED) is 0.146. The zero-order valence-electron chi connectivity index (χ0n) is 19.2. The van der Waals surface area contributed by atoms with Gasteiger partial charge in [0.25, 0.3) is 0 Å². The lowest BCUT2D eigenvalue weighted by atomic mass is 9.98. The van der Waals surface area contributed by atoms with Crippen LogP contribution in [0.5, 0.6) is 0 Å². The highest BCUT2D eigenvalue weighted by atomic mass is 16.2. The summed E-state index contributed by atoms with van der Waals surface area (Å²) in [7, 11) is 0. The topological polar surface area (TPSA) is 64.2 Å². The summed E-state index contributed by atoms with van der Waals surface area (Å²) in [5.74, 6) is 6.54. The van der Waals surface area contributed by atoms with Crippen LogP contribution in [0.25, 0.3) is 5.69 Å². The van der Waals surface area contributed by atoms with Crippen molar-refractivity contribution in [2.24, 2.45) is 5.84 Å². The van der Waals surface area contributed by atoms with Crippen LogP contribution in [0.15, 0.2) is 103 Å². The number of para-hydroxylation sites is 2. The lowest BCUT2D eigenvalue weighted by Crippen LogP contribution is -2.56. The van der Waals surface area contributed by atoms with Gasteiger partial charge in [-0.25, -0.2) is 9.48 Å². The van der Waals surface area contributed by atoms with E-state index in [9.17, 15) is 4.79 Å². The predicted molar refractivity (Wildman–Crippen MR) is 136 cm³/mol. The molecule has 3 aromatic carbocycles. The van der Waals surface area contributed by atoms with Crippen molar-refractivity contribution in [2.45, 2.75) is 19.9 Å². The summed E-state index contributed by atoms with van der Waals surface area (Å²) < 4.78 is 1.61. The van der Waals surface area contributed by atoms with Gasteiger partial charge in [-0.2, -0.15) is 15.5 Å². The number of amides is 1. The molecule has 2 N–H and O–H groups in total. The number of nitrogens with zero attached hydrogens (tertiary/aromatic N) is 4. The first-order valence-corrected chi connectivity index (χ1v) is 11.4. The number of carbonyl (C=O) groups is 1. The Labute approximate surface area is 199 Å². The van der Waals surface area contributed by atoms with E-state index in [0.29, 0.717) is 6.54 Å². The molecular weight excluding hydrogens is 422 g/mol. The Balaban J connectivity index is 1.42. The van der Waals surface area contributed by atoms with Crippen LogP contribution in [-0.4, -0.2) is 22.7 Å². The van der Waals surface area contributed by atoms with Crippen molar-refractivity contribution in [3.63, 3.8) is 0 Å². The zero-order valence-corrected chi connectivity index (χ0v) is 19.2. The van der Waals surface area contributed by atoms with Gasteiger partial charge in [-0.05, 0) is 42.3 Å². The lowest BCUT2D eigenvalue weighted by Gasteiger charge is -2.32. The molecule has 0 aliphatic carbocycles. The van der Waals surface area contributed by atoms with Crippen molar-refractivity contribution in [1.82, 2.24) is 14.4 Å². The number of fused-ring (bicyclic) bond motifs is 1. The molecule has 1 amide bonds. The van der Waals surface area contributed by atoms with E-state index in [1.807, 2.05) is 54.2 Å². The Morgan fingerprint density at radius 3 is 2.41 bits per heavy atom. The fraction of sp³-hybridized carbons (Fsp3) is 0.143. The first kappa shape index (κ1) is 21.8. The highest BCUT2D eigenvalue weighted by Crippen LogP contribution is 2.31. The molecule has 170 valence electrons. The van der Waals surface area contributed by atoms with E-state index in [-0.39, 0.29) is 4.59 Å². The van der Waals surface area contributed by atoms with Crippen LogP contribution < -0.4 is 15.3 Å². The van der Waals surface area contributed by atoms with Crippen molar-refractivity contribution in [3.8, 4) is 5.69 Å².